The molecule has 4 heterocycles. The molecule has 0 N–H and O–H groups in total. The number of rotatable bonds is 7. The molecule has 3 aliphatic rings. The zero-order valence-electron chi connectivity index (χ0n) is 21.0. The predicted molar refractivity (Wildman–Crippen MR) is 139 cm³/mol. The zero-order valence-corrected chi connectivity index (χ0v) is 21.0. The highest BCUT2D eigenvalue weighted by molar-refractivity contribution is 5.76. The number of pyridine rings is 1. The number of ether oxygens (including phenoxy) is 1. The Hall–Kier alpha value is -2.41. The number of hydrogen-bond donors (Lipinski definition) is 0. The third kappa shape index (κ3) is 4.85. The smallest absolute Gasteiger partial charge is 0.152 e. The van der Waals surface area contributed by atoms with Crippen LogP contribution >= 0.6 is 0 Å². The Morgan fingerprint density at radius 2 is 1.79 bits per heavy atom. The van der Waals surface area contributed by atoms with Gasteiger partial charge in [-0.05, 0) is 63.9 Å². The van der Waals surface area contributed by atoms with Gasteiger partial charge in [0.25, 0.3) is 0 Å². The van der Waals surface area contributed by atoms with E-state index >= 15 is 0 Å². The second kappa shape index (κ2) is 10.5. The molecule has 1 aromatic heterocycles. The Morgan fingerprint density at radius 1 is 1.03 bits per heavy atom. The van der Waals surface area contributed by atoms with Gasteiger partial charge >= 0.3 is 0 Å². The predicted octanol–water partition coefficient (Wildman–Crippen LogP) is 4.48. The van der Waals surface area contributed by atoms with Gasteiger partial charge in [0, 0.05) is 50.1 Å². The van der Waals surface area contributed by atoms with Gasteiger partial charge < -0.3 is 9.64 Å². The van der Waals surface area contributed by atoms with Crippen molar-refractivity contribution in [1.29, 1.82) is 0 Å². The molecule has 0 saturated carbocycles. The van der Waals surface area contributed by atoms with Gasteiger partial charge in [0.15, 0.2) is 5.82 Å². The molecule has 1 atom stereocenters. The highest BCUT2D eigenvalue weighted by atomic mass is 16.5. The topological polar surface area (TPSA) is 35.1 Å². The van der Waals surface area contributed by atoms with Gasteiger partial charge in [-0.2, -0.15) is 0 Å². The van der Waals surface area contributed by atoms with Gasteiger partial charge in [-0.3, -0.25) is 9.91 Å². The largest absolute Gasteiger partial charge is 0.378 e. The summed E-state index contributed by atoms with van der Waals surface area (Å²) >= 11 is 0. The van der Waals surface area contributed by atoms with Crippen LogP contribution < -0.4 is 5.01 Å². The van der Waals surface area contributed by atoms with Crippen molar-refractivity contribution in [3.63, 3.8) is 0 Å². The normalized spacial score (nSPS) is 22.1. The van der Waals surface area contributed by atoms with Crippen molar-refractivity contribution in [2.45, 2.75) is 45.7 Å². The van der Waals surface area contributed by atoms with E-state index in [1.807, 2.05) is 0 Å². The minimum Gasteiger partial charge on any atom is -0.378 e. The molecule has 3 aliphatic heterocycles. The van der Waals surface area contributed by atoms with Crippen LogP contribution in [0.15, 0.2) is 42.5 Å². The zero-order chi connectivity index (χ0) is 23.5. The van der Waals surface area contributed by atoms with E-state index in [0.29, 0.717) is 6.04 Å². The summed E-state index contributed by atoms with van der Waals surface area (Å²) < 4.78 is 5.71. The van der Waals surface area contributed by atoms with Crippen molar-refractivity contribution in [2.24, 2.45) is 0 Å². The van der Waals surface area contributed by atoms with Crippen LogP contribution in [0.3, 0.4) is 0 Å². The quantitative estimate of drug-likeness (QED) is 0.605. The van der Waals surface area contributed by atoms with Crippen molar-refractivity contribution in [3.05, 3.63) is 53.6 Å². The molecule has 1 aromatic carbocycles. The summed E-state index contributed by atoms with van der Waals surface area (Å²) in [7, 11) is 2.16. The van der Waals surface area contributed by atoms with Crippen molar-refractivity contribution >= 4 is 11.5 Å². The van der Waals surface area contributed by atoms with E-state index in [0.717, 1.165) is 50.9 Å². The maximum atomic E-state index is 5.71. The molecular formula is C28H39N5O. The lowest BCUT2D eigenvalue weighted by Crippen LogP contribution is -2.52. The molecule has 0 radical (unpaired) electrons. The standard InChI is InChI=1S/C28H39N5O/c1-4-27(32-16-5-6-17-32)25-12-13-26(24-10-8-23(9-11-24)20-31-14-7-15-31)29-28(25)30(3)33-18-19-34-21-22(33)2/h4,8-13,22H,5-7,14-21H2,1-3H3/b27-4+. The second-order valence-corrected chi connectivity index (χ2v) is 9.87. The van der Waals surface area contributed by atoms with Crippen LogP contribution in [0.25, 0.3) is 17.0 Å². The van der Waals surface area contributed by atoms with Gasteiger partial charge in [-0.15, -0.1) is 0 Å². The van der Waals surface area contributed by atoms with Crippen LogP contribution in [0.4, 0.5) is 5.82 Å². The lowest BCUT2D eigenvalue weighted by atomic mass is 10.0. The van der Waals surface area contributed by atoms with Gasteiger partial charge in [0.05, 0.1) is 24.9 Å². The number of benzene rings is 1. The average molecular weight is 462 g/mol. The molecule has 3 fully saturated rings. The summed E-state index contributed by atoms with van der Waals surface area (Å²) in [4.78, 5) is 10.3. The SMILES string of the molecule is C/C=C(\c1ccc(-c2ccc(CN3CCC3)cc2)nc1N(C)N1CCOCC1C)N1CCCC1. The fraction of sp³-hybridized carbons (Fsp3) is 0.536. The molecule has 1 unspecified atom stereocenters. The van der Waals surface area contributed by atoms with Gasteiger partial charge in [-0.1, -0.05) is 30.3 Å². The van der Waals surface area contributed by atoms with E-state index in [1.165, 1.54) is 54.7 Å². The summed E-state index contributed by atoms with van der Waals surface area (Å²) in [6.07, 6.45) is 6.11. The molecule has 2 aromatic rings. The number of aromatic nitrogens is 1. The summed E-state index contributed by atoms with van der Waals surface area (Å²) in [5.41, 5.74) is 6.09. The molecule has 34 heavy (non-hydrogen) atoms. The molecule has 0 amide bonds. The number of anilines is 1. The molecule has 182 valence electrons. The fourth-order valence-electron chi connectivity index (χ4n) is 5.39. The Bertz CT molecular complexity index is 994. The molecule has 6 nitrogen and oxygen atoms in total. The van der Waals surface area contributed by atoms with Gasteiger partial charge in [0.1, 0.15) is 0 Å². The Balaban J connectivity index is 1.48. The van der Waals surface area contributed by atoms with E-state index < -0.39 is 0 Å². The maximum Gasteiger partial charge on any atom is 0.152 e. The molecule has 0 spiro atoms. The van der Waals surface area contributed by atoms with Crippen molar-refractivity contribution in [2.75, 3.05) is 58.0 Å². The third-order valence-corrected chi connectivity index (χ3v) is 7.50. The number of morpholine rings is 1. The lowest BCUT2D eigenvalue weighted by Gasteiger charge is -2.41. The summed E-state index contributed by atoms with van der Waals surface area (Å²) in [6.45, 7) is 12.5. The number of hydrogen-bond acceptors (Lipinski definition) is 6. The molecule has 0 aliphatic carbocycles. The summed E-state index contributed by atoms with van der Waals surface area (Å²) in [5, 5.41) is 4.66. The van der Waals surface area contributed by atoms with Gasteiger partial charge in [-0.25, -0.2) is 9.99 Å². The van der Waals surface area contributed by atoms with Crippen LogP contribution in [-0.2, 0) is 11.3 Å². The summed E-state index contributed by atoms with van der Waals surface area (Å²) in [6, 6.07) is 13.8. The molecular weight excluding hydrogens is 422 g/mol. The van der Waals surface area contributed by atoms with E-state index in [1.54, 1.807) is 0 Å². The van der Waals surface area contributed by atoms with Crippen molar-refractivity contribution in [3.8, 4) is 11.3 Å². The molecule has 3 saturated heterocycles. The Kier molecular flexibility index (Phi) is 7.18. The number of nitrogens with zero attached hydrogens (tertiary/aromatic N) is 5. The van der Waals surface area contributed by atoms with Crippen molar-refractivity contribution in [1.82, 2.24) is 19.8 Å². The summed E-state index contributed by atoms with van der Waals surface area (Å²) in [5.74, 6) is 1.02. The van der Waals surface area contributed by atoms with Crippen LogP contribution in [0.2, 0.25) is 0 Å². The minimum atomic E-state index is 0.318. The Labute approximate surface area is 204 Å². The van der Waals surface area contributed by atoms with E-state index in [4.69, 9.17) is 9.72 Å². The average Bonchev–Trinajstić information content (AvgIpc) is 3.37. The van der Waals surface area contributed by atoms with E-state index in [9.17, 15) is 0 Å². The monoisotopic (exact) mass is 461 g/mol. The second-order valence-electron chi connectivity index (χ2n) is 9.87. The van der Waals surface area contributed by atoms with Crippen LogP contribution in [0, 0.1) is 0 Å². The molecule has 0 bridgehead atoms. The van der Waals surface area contributed by atoms with Crippen LogP contribution in [0.1, 0.15) is 44.2 Å². The van der Waals surface area contributed by atoms with Gasteiger partial charge in [0.2, 0.25) is 0 Å². The van der Waals surface area contributed by atoms with E-state index in [2.05, 4.69) is 83.2 Å². The molecule has 6 heteroatoms. The van der Waals surface area contributed by atoms with E-state index in [-0.39, 0.29) is 0 Å². The first-order chi connectivity index (χ1) is 16.6. The lowest BCUT2D eigenvalue weighted by molar-refractivity contribution is -0.00405. The highest BCUT2D eigenvalue weighted by Gasteiger charge is 2.27. The fourth-order valence-corrected chi connectivity index (χ4v) is 5.39. The first-order valence-electron chi connectivity index (χ1n) is 13.0. The third-order valence-electron chi connectivity index (χ3n) is 7.50. The van der Waals surface area contributed by atoms with Crippen LogP contribution in [0.5, 0.6) is 0 Å². The number of allylic oxidation sites excluding steroid dienone is 1. The van der Waals surface area contributed by atoms with Crippen LogP contribution in [-0.4, -0.2) is 78.8 Å². The highest BCUT2D eigenvalue weighted by Crippen LogP contribution is 2.33. The first kappa shape index (κ1) is 23.3. The maximum absolute atomic E-state index is 5.71. The minimum absolute atomic E-state index is 0.318. The first-order valence-corrected chi connectivity index (χ1v) is 13.0. The number of hydrazine groups is 1. The van der Waals surface area contributed by atoms with Crippen molar-refractivity contribution < 1.29 is 4.74 Å². The number of likely N-dealkylation sites (tertiary alicyclic amines) is 2. The molecule has 5 rings (SSSR count). The Morgan fingerprint density at radius 3 is 2.44 bits per heavy atom.